The van der Waals surface area contributed by atoms with Gasteiger partial charge in [-0.15, -0.1) is 0 Å². The zero-order valence-electron chi connectivity index (χ0n) is 11.6. The molecule has 2 N–H and O–H groups in total. The van der Waals surface area contributed by atoms with Crippen LogP contribution in [0.5, 0.6) is 0 Å². The van der Waals surface area contributed by atoms with E-state index >= 15 is 0 Å². The summed E-state index contributed by atoms with van der Waals surface area (Å²) in [5.41, 5.74) is -0.336. The number of nitrogens with one attached hydrogen (secondary N) is 1. The fourth-order valence-electron chi connectivity index (χ4n) is 2.21. The van der Waals surface area contributed by atoms with E-state index in [0.29, 0.717) is 11.6 Å². The van der Waals surface area contributed by atoms with Crippen LogP contribution in [-0.2, 0) is 0 Å². The number of thioether (sulfide) groups is 1. The summed E-state index contributed by atoms with van der Waals surface area (Å²) in [6, 6.07) is -0.237. The van der Waals surface area contributed by atoms with Gasteiger partial charge in [-0.05, 0) is 25.7 Å². The number of aliphatic hydroxyl groups excluding tert-OH is 1. The molecule has 1 aromatic rings. The van der Waals surface area contributed by atoms with E-state index in [-0.39, 0.29) is 22.7 Å². The van der Waals surface area contributed by atoms with Gasteiger partial charge in [-0.25, -0.2) is 4.98 Å². The van der Waals surface area contributed by atoms with Crippen LogP contribution < -0.4 is 5.32 Å². The maximum Gasteiger partial charge on any atom is 0.348 e. The molecule has 1 heterocycles. The summed E-state index contributed by atoms with van der Waals surface area (Å²) in [6.45, 7) is 2.02. The standard InChI is InChI=1S/C12H17ClN4O3S/c1-2-6-21-12-15-10(13)9(17(19)20)11(16-12)14-7-4-3-5-8(7)18/h7-8,18H,2-6H2,1H3,(H,14,15,16)/t7-,8-/m1/s1. The Morgan fingerprint density at radius 3 is 2.86 bits per heavy atom. The molecule has 2 rings (SSSR count). The van der Waals surface area contributed by atoms with Crippen LogP contribution in [0.2, 0.25) is 5.15 Å². The number of aromatic nitrogens is 2. The minimum atomic E-state index is -0.597. The van der Waals surface area contributed by atoms with Crippen LogP contribution in [0.3, 0.4) is 0 Å². The van der Waals surface area contributed by atoms with Crippen LogP contribution >= 0.6 is 23.4 Å². The second kappa shape index (κ2) is 7.24. The Hall–Kier alpha value is -1.12. The monoisotopic (exact) mass is 332 g/mol. The Morgan fingerprint density at radius 2 is 2.29 bits per heavy atom. The molecule has 0 aromatic carbocycles. The molecule has 0 bridgehead atoms. The van der Waals surface area contributed by atoms with Gasteiger partial charge in [-0.1, -0.05) is 30.3 Å². The number of anilines is 1. The van der Waals surface area contributed by atoms with Gasteiger partial charge >= 0.3 is 5.69 Å². The van der Waals surface area contributed by atoms with Gasteiger partial charge in [0.15, 0.2) is 5.16 Å². The second-order valence-electron chi connectivity index (χ2n) is 4.85. The lowest BCUT2D eigenvalue weighted by atomic mass is 10.2. The molecule has 0 saturated heterocycles. The molecule has 7 nitrogen and oxygen atoms in total. The first-order valence-electron chi connectivity index (χ1n) is 6.82. The van der Waals surface area contributed by atoms with E-state index in [0.717, 1.165) is 25.0 Å². The van der Waals surface area contributed by atoms with Crippen LogP contribution in [0.25, 0.3) is 0 Å². The molecule has 2 atom stereocenters. The lowest BCUT2D eigenvalue weighted by molar-refractivity contribution is -0.384. The number of nitro groups is 1. The summed E-state index contributed by atoms with van der Waals surface area (Å²) >= 11 is 7.32. The van der Waals surface area contributed by atoms with Crippen molar-refractivity contribution in [3.05, 3.63) is 15.3 Å². The van der Waals surface area contributed by atoms with Crippen molar-refractivity contribution in [1.82, 2.24) is 9.97 Å². The van der Waals surface area contributed by atoms with E-state index in [1.54, 1.807) is 0 Å². The number of hydrogen-bond donors (Lipinski definition) is 2. The minimum absolute atomic E-state index is 0.0875. The molecule has 0 spiro atoms. The highest BCUT2D eigenvalue weighted by Crippen LogP contribution is 2.34. The number of halogens is 1. The fourth-order valence-corrected chi connectivity index (χ4v) is 3.20. The van der Waals surface area contributed by atoms with Crippen molar-refractivity contribution in [1.29, 1.82) is 0 Å². The molecule has 0 radical (unpaired) electrons. The van der Waals surface area contributed by atoms with Crippen molar-refractivity contribution in [2.24, 2.45) is 0 Å². The third-order valence-corrected chi connectivity index (χ3v) is 4.56. The maximum absolute atomic E-state index is 11.2. The van der Waals surface area contributed by atoms with Gasteiger partial charge in [-0.2, -0.15) is 4.98 Å². The van der Waals surface area contributed by atoms with Gasteiger partial charge in [0.2, 0.25) is 11.0 Å². The van der Waals surface area contributed by atoms with E-state index in [1.165, 1.54) is 11.8 Å². The van der Waals surface area contributed by atoms with Gasteiger partial charge in [-0.3, -0.25) is 10.1 Å². The Balaban J connectivity index is 2.30. The first-order valence-corrected chi connectivity index (χ1v) is 8.18. The van der Waals surface area contributed by atoms with Crippen LogP contribution in [0.15, 0.2) is 5.16 Å². The average molecular weight is 333 g/mol. The van der Waals surface area contributed by atoms with Gasteiger partial charge in [0.05, 0.1) is 17.1 Å². The summed E-state index contributed by atoms with van der Waals surface area (Å²) in [4.78, 5) is 18.7. The maximum atomic E-state index is 11.2. The van der Waals surface area contributed by atoms with Crippen LogP contribution in [0.4, 0.5) is 11.5 Å². The van der Waals surface area contributed by atoms with E-state index < -0.39 is 11.0 Å². The van der Waals surface area contributed by atoms with Crippen molar-refractivity contribution in [3.63, 3.8) is 0 Å². The fraction of sp³-hybridized carbons (Fsp3) is 0.667. The number of aliphatic hydroxyl groups is 1. The first kappa shape index (κ1) is 16.3. The van der Waals surface area contributed by atoms with Gasteiger partial charge in [0.1, 0.15) is 0 Å². The summed E-state index contributed by atoms with van der Waals surface area (Å²) in [5.74, 6) is 0.893. The lowest BCUT2D eigenvalue weighted by Crippen LogP contribution is -2.29. The zero-order valence-corrected chi connectivity index (χ0v) is 13.2. The largest absolute Gasteiger partial charge is 0.391 e. The zero-order chi connectivity index (χ0) is 15.4. The van der Waals surface area contributed by atoms with Gasteiger partial charge < -0.3 is 10.4 Å². The predicted molar refractivity (Wildman–Crippen MR) is 82.0 cm³/mol. The van der Waals surface area contributed by atoms with Crippen LogP contribution in [0, 0.1) is 10.1 Å². The van der Waals surface area contributed by atoms with Gasteiger partial charge in [0, 0.05) is 5.75 Å². The highest BCUT2D eigenvalue weighted by atomic mass is 35.5. The molecular weight excluding hydrogens is 316 g/mol. The van der Waals surface area contributed by atoms with Crippen LogP contribution in [-0.4, -0.2) is 37.9 Å². The number of nitrogens with zero attached hydrogens (tertiary/aromatic N) is 3. The topological polar surface area (TPSA) is 101 Å². The number of hydrogen-bond acceptors (Lipinski definition) is 7. The molecular formula is C12H17ClN4O3S. The highest BCUT2D eigenvalue weighted by Gasteiger charge is 2.30. The van der Waals surface area contributed by atoms with E-state index in [4.69, 9.17) is 11.6 Å². The first-order chi connectivity index (χ1) is 10.0. The number of rotatable bonds is 6. The molecule has 0 amide bonds. The van der Waals surface area contributed by atoms with Crippen LogP contribution in [0.1, 0.15) is 32.6 Å². The molecule has 1 saturated carbocycles. The molecule has 1 fully saturated rings. The van der Waals surface area contributed by atoms with Crippen molar-refractivity contribution < 1.29 is 10.0 Å². The van der Waals surface area contributed by atoms with E-state index in [9.17, 15) is 15.2 Å². The third-order valence-electron chi connectivity index (χ3n) is 3.24. The summed E-state index contributed by atoms with van der Waals surface area (Å²) in [7, 11) is 0. The highest BCUT2D eigenvalue weighted by molar-refractivity contribution is 7.99. The Labute approximate surface area is 131 Å². The lowest BCUT2D eigenvalue weighted by Gasteiger charge is -2.17. The second-order valence-corrected chi connectivity index (χ2v) is 6.27. The smallest absolute Gasteiger partial charge is 0.348 e. The quantitative estimate of drug-likeness (QED) is 0.271. The minimum Gasteiger partial charge on any atom is -0.391 e. The summed E-state index contributed by atoms with van der Waals surface area (Å²) in [6.07, 6.45) is 2.72. The summed E-state index contributed by atoms with van der Waals surface area (Å²) < 4.78 is 0. The molecule has 9 heteroatoms. The molecule has 0 aliphatic heterocycles. The molecule has 0 unspecified atom stereocenters. The Morgan fingerprint density at radius 1 is 1.52 bits per heavy atom. The van der Waals surface area contributed by atoms with Gasteiger partial charge in [0.25, 0.3) is 0 Å². The van der Waals surface area contributed by atoms with Crippen molar-refractivity contribution in [2.75, 3.05) is 11.1 Å². The molecule has 1 aliphatic carbocycles. The molecule has 1 aromatic heterocycles. The Kier molecular flexibility index (Phi) is 5.60. The Bertz CT molecular complexity index is 531. The normalized spacial score (nSPS) is 21.5. The third kappa shape index (κ3) is 3.96. The van der Waals surface area contributed by atoms with E-state index in [2.05, 4.69) is 15.3 Å². The van der Waals surface area contributed by atoms with Crippen molar-refractivity contribution in [3.8, 4) is 0 Å². The van der Waals surface area contributed by atoms with Crippen molar-refractivity contribution in [2.45, 2.75) is 49.9 Å². The predicted octanol–water partition coefficient (Wildman–Crippen LogP) is 2.87. The SMILES string of the molecule is CCCSc1nc(Cl)c([N+](=O)[O-])c(N[C@@H]2CCC[C@H]2O)n1. The molecule has 21 heavy (non-hydrogen) atoms. The average Bonchev–Trinajstić information content (AvgIpc) is 2.81. The molecule has 116 valence electrons. The van der Waals surface area contributed by atoms with E-state index in [1.807, 2.05) is 6.92 Å². The molecule has 1 aliphatic rings. The van der Waals surface area contributed by atoms with Crippen molar-refractivity contribution >= 4 is 34.9 Å². The summed E-state index contributed by atoms with van der Waals surface area (Å²) in [5, 5.41) is 24.2.